The minimum atomic E-state index is -0.946. The van der Waals surface area contributed by atoms with Gasteiger partial charge in [-0.1, -0.05) is 6.07 Å². The summed E-state index contributed by atoms with van der Waals surface area (Å²) < 4.78 is 25.5. The van der Waals surface area contributed by atoms with Gasteiger partial charge >= 0.3 is 0 Å². The maximum Gasteiger partial charge on any atom is 0.240 e. The zero-order valence-corrected chi connectivity index (χ0v) is 8.96. The first-order valence-electron chi connectivity index (χ1n) is 5.21. The Balaban J connectivity index is 1.97. The van der Waals surface area contributed by atoms with Crippen molar-refractivity contribution in [3.63, 3.8) is 0 Å². The monoisotopic (exact) mass is 236 g/mol. The van der Waals surface area contributed by atoms with Crippen LogP contribution in [0.25, 0.3) is 0 Å². The molecule has 0 radical (unpaired) electrons. The van der Waals surface area contributed by atoms with Crippen LogP contribution in [0.3, 0.4) is 0 Å². The second kappa shape index (κ2) is 4.13. The van der Waals surface area contributed by atoms with Crippen LogP contribution in [0.15, 0.2) is 18.2 Å². The van der Waals surface area contributed by atoms with Crippen LogP contribution in [0.1, 0.15) is 18.4 Å². The summed E-state index contributed by atoms with van der Waals surface area (Å²) in [5.74, 6) is -2.21. The van der Waals surface area contributed by atoms with Crippen LogP contribution in [0.5, 0.6) is 0 Å². The molecule has 17 heavy (non-hydrogen) atoms. The fourth-order valence-electron chi connectivity index (χ4n) is 1.52. The standard InChI is InChI=1S/C12H10F2N2O/c13-9-2-1-8(5-10(9)14)6-16-11(17)12(7-15)3-4-12/h1-2,5H,3-4,6H2,(H,16,17). The normalized spacial score (nSPS) is 16.1. The maximum atomic E-state index is 12.9. The topological polar surface area (TPSA) is 52.9 Å². The van der Waals surface area contributed by atoms with E-state index in [1.165, 1.54) is 6.07 Å². The molecule has 88 valence electrons. The van der Waals surface area contributed by atoms with Crippen LogP contribution in [0.4, 0.5) is 8.78 Å². The van der Waals surface area contributed by atoms with Gasteiger partial charge in [0.25, 0.3) is 0 Å². The smallest absolute Gasteiger partial charge is 0.240 e. The van der Waals surface area contributed by atoms with E-state index in [-0.39, 0.29) is 12.5 Å². The number of nitrogens with one attached hydrogen (secondary N) is 1. The van der Waals surface area contributed by atoms with Crippen molar-refractivity contribution in [2.24, 2.45) is 5.41 Å². The van der Waals surface area contributed by atoms with Gasteiger partial charge in [0.1, 0.15) is 5.41 Å². The van der Waals surface area contributed by atoms with E-state index in [9.17, 15) is 13.6 Å². The molecule has 0 aromatic heterocycles. The van der Waals surface area contributed by atoms with E-state index in [4.69, 9.17) is 5.26 Å². The molecule has 0 aliphatic heterocycles. The van der Waals surface area contributed by atoms with Gasteiger partial charge in [0.15, 0.2) is 11.6 Å². The number of carbonyl (C=O) groups is 1. The van der Waals surface area contributed by atoms with Crippen LogP contribution >= 0.6 is 0 Å². The zero-order chi connectivity index (χ0) is 12.5. The molecule has 5 heteroatoms. The maximum absolute atomic E-state index is 12.9. The van der Waals surface area contributed by atoms with E-state index in [0.29, 0.717) is 18.4 Å². The molecule has 0 heterocycles. The number of halogens is 2. The van der Waals surface area contributed by atoms with E-state index in [1.807, 2.05) is 6.07 Å². The molecule has 0 atom stereocenters. The van der Waals surface area contributed by atoms with Crippen LogP contribution in [0.2, 0.25) is 0 Å². The van der Waals surface area contributed by atoms with Gasteiger partial charge in [0, 0.05) is 6.54 Å². The Bertz CT molecular complexity index is 504. The summed E-state index contributed by atoms with van der Waals surface area (Å²) in [6.07, 6.45) is 1.13. The third-order valence-electron chi connectivity index (χ3n) is 2.84. The van der Waals surface area contributed by atoms with Gasteiger partial charge in [-0.15, -0.1) is 0 Å². The molecule has 1 saturated carbocycles. The van der Waals surface area contributed by atoms with Crippen molar-refractivity contribution in [2.45, 2.75) is 19.4 Å². The highest BCUT2D eigenvalue weighted by Crippen LogP contribution is 2.44. The molecule has 1 aromatic carbocycles. The average molecular weight is 236 g/mol. The molecular weight excluding hydrogens is 226 g/mol. The number of rotatable bonds is 3. The van der Waals surface area contributed by atoms with Crippen molar-refractivity contribution >= 4 is 5.91 Å². The van der Waals surface area contributed by atoms with Crippen LogP contribution < -0.4 is 5.32 Å². The van der Waals surface area contributed by atoms with Gasteiger partial charge in [-0.3, -0.25) is 4.79 Å². The first-order valence-corrected chi connectivity index (χ1v) is 5.21. The molecule has 2 rings (SSSR count). The lowest BCUT2D eigenvalue weighted by molar-refractivity contribution is -0.124. The summed E-state index contributed by atoms with van der Waals surface area (Å²) in [6, 6.07) is 5.39. The van der Waals surface area contributed by atoms with Crippen molar-refractivity contribution in [3.05, 3.63) is 35.4 Å². The predicted molar refractivity (Wildman–Crippen MR) is 55.5 cm³/mol. The Morgan fingerprint density at radius 3 is 2.65 bits per heavy atom. The number of carbonyl (C=O) groups excluding carboxylic acids is 1. The molecule has 1 N–H and O–H groups in total. The van der Waals surface area contributed by atoms with Crippen molar-refractivity contribution < 1.29 is 13.6 Å². The number of nitriles is 1. The summed E-state index contributed by atoms with van der Waals surface area (Å²) in [4.78, 5) is 11.6. The lowest BCUT2D eigenvalue weighted by Gasteiger charge is -2.08. The second-order valence-corrected chi connectivity index (χ2v) is 4.13. The van der Waals surface area contributed by atoms with Gasteiger partial charge in [-0.2, -0.15) is 5.26 Å². The molecule has 1 aromatic rings. The Morgan fingerprint density at radius 2 is 2.12 bits per heavy atom. The van der Waals surface area contributed by atoms with Crippen LogP contribution in [-0.4, -0.2) is 5.91 Å². The summed E-state index contributed by atoms with van der Waals surface area (Å²) in [6.45, 7) is 0.0967. The zero-order valence-electron chi connectivity index (χ0n) is 8.96. The van der Waals surface area contributed by atoms with Crippen molar-refractivity contribution in [3.8, 4) is 6.07 Å². The molecule has 1 aliphatic carbocycles. The highest BCUT2D eigenvalue weighted by molar-refractivity contribution is 5.88. The van der Waals surface area contributed by atoms with Gasteiger partial charge in [-0.25, -0.2) is 8.78 Å². The summed E-state index contributed by atoms with van der Waals surface area (Å²) in [5, 5.41) is 11.3. The van der Waals surface area contributed by atoms with Gasteiger partial charge in [0.05, 0.1) is 6.07 Å². The summed E-state index contributed by atoms with van der Waals surface area (Å²) in [7, 11) is 0. The number of nitrogens with zero attached hydrogens (tertiary/aromatic N) is 1. The second-order valence-electron chi connectivity index (χ2n) is 4.13. The molecule has 0 spiro atoms. The molecule has 0 saturated heterocycles. The highest BCUT2D eigenvalue weighted by Gasteiger charge is 2.50. The molecule has 3 nitrogen and oxygen atoms in total. The summed E-state index contributed by atoms with van der Waals surface area (Å²) >= 11 is 0. The van der Waals surface area contributed by atoms with Crippen molar-refractivity contribution in [1.29, 1.82) is 5.26 Å². The number of benzene rings is 1. The van der Waals surface area contributed by atoms with Crippen molar-refractivity contribution in [1.82, 2.24) is 5.32 Å². The molecule has 0 bridgehead atoms. The third-order valence-corrected chi connectivity index (χ3v) is 2.84. The Hall–Kier alpha value is -1.96. The van der Waals surface area contributed by atoms with E-state index in [0.717, 1.165) is 12.1 Å². The minimum Gasteiger partial charge on any atom is -0.351 e. The van der Waals surface area contributed by atoms with Gasteiger partial charge < -0.3 is 5.32 Å². The van der Waals surface area contributed by atoms with E-state index >= 15 is 0 Å². The SMILES string of the molecule is N#CC1(C(=O)NCc2ccc(F)c(F)c2)CC1. The fourth-order valence-corrected chi connectivity index (χ4v) is 1.52. The van der Waals surface area contributed by atoms with Crippen molar-refractivity contribution in [2.75, 3.05) is 0 Å². The Labute approximate surface area is 97.1 Å². The van der Waals surface area contributed by atoms with Crippen LogP contribution in [-0.2, 0) is 11.3 Å². The molecular formula is C12H10F2N2O. The lowest BCUT2D eigenvalue weighted by atomic mass is 10.1. The third kappa shape index (κ3) is 2.26. The highest BCUT2D eigenvalue weighted by atomic mass is 19.2. The largest absolute Gasteiger partial charge is 0.351 e. The molecule has 1 aliphatic rings. The first-order chi connectivity index (χ1) is 8.07. The molecule has 1 amide bonds. The predicted octanol–water partition coefficient (Wildman–Crippen LogP) is 1.88. The van der Waals surface area contributed by atoms with Crippen LogP contribution in [0, 0.1) is 28.4 Å². The number of hydrogen-bond acceptors (Lipinski definition) is 2. The molecule has 0 unspecified atom stereocenters. The van der Waals surface area contributed by atoms with E-state index in [1.54, 1.807) is 0 Å². The molecule has 1 fully saturated rings. The number of amides is 1. The quantitative estimate of drug-likeness (QED) is 0.871. The van der Waals surface area contributed by atoms with E-state index < -0.39 is 17.0 Å². The lowest BCUT2D eigenvalue weighted by Crippen LogP contribution is -2.30. The van der Waals surface area contributed by atoms with E-state index in [2.05, 4.69) is 5.32 Å². The number of hydrogen-bond donors (Lipinski definition) is 1. The minimum absolute atomic E-state index is 0.0967. The summed E-state index contributed by atoms with van der Waals surface area (Å²) in [5.41, 5.74) is -0.426. The Kier molecular flexibility index (Phi) is 2.80. The first kappa shape index (κ1) is 11.5. The van der Waals surface area contributed by atoms with Gasteiger partial charge in [0.2, 0.25) is 5.91 Å². The average Bonchev–Trinajstić information content (AvgIpc) is 3.11. The van der Waals surface area contributed by atoms with Gasteiger partial charge in [-0.05, 0) is 30.5 Å². The Morgan fingerprint density at radius 1 is 1.41 bits per heavy atom. The fraction of sp³-hybridized carbons (Fsp3) is 0.333.